The summed E-state index contributed by atoms with van der Waals surface area (Å²) in [5.41, 5.74) is 1.66. The summed E-state index contributed by atoms with van der Waals surface area (Å²) in [7, 11) is 0. The molecular formula is C16H22N4. The molecule has 1 aromatic heterocycles. The summed E-state index contributed by atoms with van der Waals surface area (Å²) in [6.07, 6.45) is 6.94. The molecule has 1 saturated heterocycles. The second-order valence-corrected chi connectivity index (χ2v) is 6.00. The quantitative estimate of drug-likeness (QED) is 0.888. The summed E-state index contributed by atoms with van der Waals surface area (Å²) in [5.74, 6) is 0.756. The monoisotopic (exact) mass is 270 g/mol. The Morgan fingerprint density at radius 2 is 2.30 bits per heavy atom. The van der Waals surface area contributed by atoms with E-state index in [0.717, 1.165) is 37.2 Å². The average molecular weight is 270 g/mol. The van der Waals surface area contributed by atoms with Gasteiger partial charge in [-0.3, -0.25) is 4.90 Å². The number of nitrogens with zero attached hydrogens (tertiary/aromatic N) is 3. The lowest BCUT2D eigenvalue weighted by Crippen LogP contribution is -2.39. The number of hydrogen-bond acceptors (Lipinski definition) is 4. The molecule has 1 unspecified atom stereocenters. The summed E-state index contributed by atoms with van der Waals surface area (Å²) in [4.78, 5) is 6.74. The number of aromatic nitrogens is 1. The molecule has 2 fully saturated rings. The van der Waals surface area contributed by atoms with E-state index in [-0.39, 0.29) is 0 Å². The molecule has 1 aliphatic carbocycles. The van der Waals surface area contributed by atoms with Crippen molar-refractivity contribution in [2.24, 2.45) is 5.92 Å². The molecule has 106 valence electrons. The molecule has 4 heteroatoms. The Labute approximate surface area is 120 Å². The smallest absolute Gasteiger partial charge is 0.144 e. The number of pyridine rings is 1. The maximum atomic E-state index is 9.17. The van der Waals surface area contributed by atoms with Gasteiger partial charge in [0, 0.05) is 30.9 Å². The zero-order chi connectivity index (χ0) is 13.8. The van der Waals surface area contributed by atoms with Crippen molar-refractivity contribution in [3.05, 3.63) is 29.6 Å². The van der Waals surface area contributed by atoms with Crippen molar-refractivity contribution in [2.45, 2.75) is 38.3 Å². The van der Waals surface area contributed by atoms with Crippen molar-refractivity contribution in [2.75, 3.05) is 19.6 Å². The van der Waals surface area contributed by atoms with Crippen LogP contribution in [0.3, 0.4) is 0 Å². The molecular weight excluding hydrogens is 248 g/mol. The first kappa shape index (κ1) is 13.5. The maximum Gasteiger partial charge on any atom is 0.144 e. The average Bonchev–Trinajstić information content (AvgIpc) is 3.33. The van der Waals surface area contributed by atoms with Crippen LogP contribution in [0.5, 0.6) is 0 Å². The van der Waals surface area contributed by atoms with Crippen LogP contribution < -0.4 is 5.32 Å². The first-order valence-electron chi connectivity index (χ1n) is 7.65. The van der Waals surface area contributed by atoms with Gasteiger partial charge in [-0.05, 0) is 50.8 Å². The molecule has 3 rings (SSSR count). The predicted octanol–water partition coefficient (Wildman–Crippen LogP) is 1.92. The van der Waals surface area contributed by atoms with Crippen molar-refractivity contribution in [3.8, 4) is 6.07 Å². The Hall–Kier alpha value is -1.44. The fraction of sp³-hybridized carbons (Fsp3) is 0.625. The fourth-order valence-corrected chi connectivity index (χ4v) is 3.08. The zero-order valence-corrected chi connectivity index (χ0v) is 11.9. The highest BCUT2D eigenvalue weighted by Crippen LogP contribution is 2.30. The van der Waals surface area contributed by atoms with E-state index in [1.165, 1.54) is 32.2 Å². The van der Waals surface area contributed by atoms with E-state index in [9.17, 15) is 0 Å². The standard InChI is InChI=1S/C16H22N4/c17-9-16-14(4-2-8-19-16)12-20(15-5-6-15)11-13-3-1-7-18-10-13/h2,4,8,13,15,18H,1,3,5-7,10-12H2. The molecule has 1 N–H and O–H groups in total. The normalized spacial score (nSPS) is 22.7. The molecule has 0 amide bonds. The van der Waals surface area contributed by atoms with Crippen LogP contribution in [0.1, 0.15) is 36.9 Å². The van der Waals surface area contributed by atoms with Crippen molar-refractivity contribution < 1.29 is 0 Å². The van der Waals surface area contributed by atoms with Crippen LogP contribution in [0, 0.1) is 17.2 Å². The minimum absolute atomic E-state index is 0.583. The predicted molar refractivity (Wildman–Crippen MR) is 78.0 cm³/mol. The highest BCUT2D eigenvalue weighted by Gasteiger charge is 2.31. The minimum Gasteiger partial charge on any atom is -0.316 e. The van der Waals surface area contributed by atoms with E-state index in [2.05, 4.69) is 21.3 Å². The van der Waals surface area contributed by atoms with Gasteiger partial charge in [0.2, 0.25) is 0 Å². The molecule has 4 nitrogen and oxygen atoms in total. The molecule has 1 aliphatic heterocycles. The fourth-order valence-electron chi connectivity index (χ4n) is 3.08. The number of hydrogen-bond donors (Lipinski definition) is 1. The molecule has 2 heterocycles. The molecule has 0 bridgehead atoms. The van der Waals surface area contributed by atoms with Crippen LogP contribution >= 0.6 is 0 Å². The van der Waals surface area contributed by atoms with Gasteiger partial charge in [0.25, 0.3) is 0 Å². The first-order valence-corrected chi connectivity index (χ1v) is 7.65. The zero-order valence-electron chi connectivity index (χ0n) is 11.9. The lowest BCUT2D eigenvalue weighted by molar-refractivity contribution is 0.192. The Morgan fingerprint density at radius 1 is 1.40 bits per heavy atom. The SMILES string of the molecule is N#Cc1ncccc1CN(CC1CCCNC1)C1CC1. The van der Waals surface area contributed by atoms with Gasteiger partial charge in [0.05, 0.1) is 0 Å². The Bertz CT molecular complexity index is 483. The van der Waals surface area contributed by atoms with E-state index in [4.69, 9.17) is 5.26 Å². The Morgan fingerprint density at radius 3 is 3.00 bits per heavy atom. The van der Waals surface area contributed by atoms with E-state index < -0.39 is 0 Å². The molecule has 20 heavy (non-hydrogen) atoms. The second-order valence-electron chi connectivity index (χ2n) is 6.00. The molecule has 0 aromatic carbocycles. The van der Waals surface area contributed by atoms with Crippen LogP contribution in [0.15, 0.2) is 18.3 Å². The number of piperidine rings is 1. The van der Waals surface area contributed by atoms with E-state index >= 15 is 0 Å². The molecule has 2 aliphatic rings. The summed E-state index contributed by atoms with van der Waals surface area (Å²) in [5, 5.41) is 12.7. The van der Waals surface area contributed by atoms with Gasteiger partial charge >= 0.3 is 0 Å². The summed E-state index contributed by atoms with van der Waals surface area (Å²) >= 11 is 0. The van der Waals surface area contributed by atoms with Crippen molar-refractivity contribution in [3.63, 3.8) is 0 Å². The van der Waals surface area contributed by atoms with Crippen molar-refractivity contribution >= 4 is 0 Å². The molecule has 1 saturated carbocycles. The Kier molecular flexibility index (Phi) is 4.29. The van der Waals surface area contributed by atoms with Gasteiger partial charge in [-0.15, -0.1) is 0 Å². The van der Waals surface area contributed by atoms with Crippen LogP contribution in [0.4, 0.5) is 0 Å². The third kappa shape index (κ3) is 3.36. The van der Waals surface area contributed by atoms with Crippen LogP contribution in [0.25, 0.3) is 0 Å². The van der Waals surface area contributed by atoms with Crippen LogP contribution in [0.2, 0.25) is 0 Å². The second kappa shape index (κ2) is 6.34. The van der Waals surface area contributed by atoms with E-state index in [0.29, 0.717) is 5.69 Å². The Balaban J connectivity index is 1.66. The first-order chi connectivity index (χ1) is 9.86. The number of nitriles is 1. The van der Waals surface area contributed by atoms with Crippen molar-refractivity contribution in [1.29, 1.82) is 5.26 Å². The third-order valence-electron chi connectivity index (χ3n) is 4.33. The third-order valence-corrected chi connectivity index (χ3v) is 4.33. The summed E-state index contributed by atoms with van der Waals surface area (Å²) in [6, 6.07) is 6.92. The highest BCUT2D eigenvalue weighted by molar-refractivity contribution is 5.30. The maximum absolute atomic E-state index is 9.17. The summed E-state index contributed by atoms with van der Waals surface area (Å²) in [6.45, 7) is 4.33. The summed E-state index contributed by atoms with van der Waals surface area (Å²) < 4.78 is 0. The highest BCUT2D eigenvalue weighted by atomic mass is 15.2. The molecule has 1 aromatic rings. The van der Waals surface area contributed by atoms with Crippen molar-refractivity contribution in [1.82, 2.24) is 15.2 Å². The molecule has 1 atom stereocenters. The van der Waals surface area contributed by atoms with Gasteiger partial charge in [-0.1, -0.05) is 6.07 Å². The van der Waals surface area contributed by atoms with Gasteiger partial charge in [0.15, 0.2) is 0 Å². The topological polar surface area (TPSA) is 52.0 Å². The van der Waals surface area contributed by atoms with E-state index in [1.54, 1.807) is 6.20 Å². The van der Waals surface area contributed by atoms with Gasteiger partial charge in [-0.2, -0.15) is 5.26 Å². The molecule has 0 radical (unpaired) electrons. The van der Waals surface area contributed by atoms with Gasteiger partial charge in [-0.25, -0.2) is 4.98 Å². The van der Waals surface area contributed by atoms with Gasteiger partial charge < -0.3 is 5.32 Å². The number of nitrogens with one attached hydrogen (secondary N) is 1. The number of rotatable bonds is 5. The van der Waals surface area contributed by atoms with Gasteiger partial charge in [0.1, 0.15) is 11.8 Å². The van der Waals surface area contributed by atoms with Crippen LogP contribution in [-0.4, -0.2) is 35.6 Å². The lowest BCUT2D eigenvalue weighted by atomic mass is 9.98. The largest absolute Gasteiger partial charge is 0.316 e. The molecule has 0 spiro atoms. The minimum atomic E-state index is 0.583. The lowest BCUT2D eigenvalue weighted by Gasteiger charge is -2.30. The van der Waals surface area contributed by atoms with E-state index in [1.807, 2.05) is 12.1 Å². The van der Waals surface area contributed by atoms with Crippen LogP contribution in [-0.2, 0) is 6.54 Å².